The highest BCUT2D eigenvalue weighted by atomic mass is 32.1. The molecule has 3 heterocycles. The van der Waals surface area contributed by atoms with Crippen molar-refractivity contribution >= 4 is 32.6 Å². The van der Waals surface area contributed by atoms with Crippen LogP contribution in [0.2, 0.25) is 0 Å². The standard InChI is InChI=1S/C22H23N5OS/c1-4-16-9-8-11-19-20(16)24-22(29-19)26(14-17-10-6-7-12-23-17)21(28)18-13-15(3)25-27(18)5-2/h6-13H,4-5,14H2,1-3H3. The van der Waals surface area contributed by atoms with Gasteiger partial charge in [0.2, 0.25) is 0 Å². The van der Waals surface area contributed by atoms with Gasteiger partial charge in [-0.05, 0) is 50.1 Å². The molecule has 0 spiro atoms. The van der Waals surface area contributed by atoms with Crippen molar-refractivity contribution in [1.82, 2.24) is 19.7 Å². The molecule has 0 aliphatic heterocycles. The molecule has 4 rings (SSSR count). The second-order valence-corrected chi connectivity index (χ2v) is 7.82. The molecule has 0 N–H and O–H groups in total. The van der Waals surface area contributed by atoms with E-state index in [-0.39, 0.29) is 5.91 Å². The van der Waals surface area contributed by atoms with Crippen LogP contribution in [0.4, 0.5) is 5.13 Å². The molecule has 1 amide bonds. The van der Waals surface area contributed by atoms with Crippen LogP contribution in [-0.2, 0) is 19.5 Å². The number of rotatable bonds is 6. The van der Waals surface area contributed by atoms with Crippen LogP contribution in [0.1, 0.15) is 41.3 Å². The summed E-state index contributed by atoms with van der Waals surface area (Å²) in [5, 5.41) is 5.12. The monoisotopic (exact) mass is 405 g/mol. The minimum absolute atomic E-state index is 0.116. The number of nitrogens with zero attached hydrogens (tertiary/aromatic N) is 5. The number of pyridine rings is 1. The Morgan fingerprint density at radius 1 is 1.17 bits per heavy atom. The highest BCUT2D eigenvalue weighted by molar-refractivity contribution is 7.22. The molecular weight excluding hydrogens is 382 g/mol. The quantitative estimate of drug-likeness (QED) is 0.469. The summed E-state index contributed by atoms with van der Waals surface area (Å²) >= 11 is 1.53. The molecule has 0 bridgehead atoms. The number of thiazole rings is 1. The van der Waals surface area contributed by atoms with E-state index in [0.29, 0.717) is 23.9 Å². The zero-order valence-corrected chi connectivity index (χ0v) is 17.6. The number of carbonyl (C=O) groups excluding carboxylic acids is 1. The van der Waals surface area contributed by atoms with Gasteiger partial charge in [-0.1, -0.05) is 36.5 Å². The van der Waals surface area contributed by atoms with E-state index in [2.05, 4.69) is 29.1 Å². The van der Waals surface area contributed by atoms with Gasteiger partial charge in [0, 0.05) is 12.7 Å². The summed E-state index contributed by atoms with van der Waals surface area (Å²) in [4.78, 5) is 24.6. The lowest BCUT2D eigenvalue weighted by atomic mass is 10.1. The highest BCUT2D eigenvalue weighted by Crippen LogP contribution is 2.32. The van der Waals surface area contributed by atoms with Gasteiger partial charge in [0.15, 0.2) is 5.13 Å². The Kier molecular flexibility index (Phi) is 5.40. The molecule has 0 saturated heterocycles. The number of aryl methyl sites for hydroxylation is 3. The van der Waals surface area contributed by atoms with E-state index in [1.807, 2.05) is 44.2 Å². The van der Waals surface area contributed by atoms with E-state index >= 15 is 0 Å². The predicted octanol–water partition coefficient (Wildman–Crippen LogP) is 4.63. The summed E-state index contributed by atoms with van der Waals surface area (Å²) < 4.78 is 2.83. The second-order valence-electron chi connectivity index (χ2n) is 6.81. The maximum Gasteiger partial charge on any atom is 0.278 e. The second kappa shape index (κ2) is 8.13. The van der Waals surface area contributed by atoms with E-state index in [1.54, 1.807) is 15.8 Å². The van der Waals surface area contributed by atoms with Crippen LogP contribution >= 0.6 is 11.3 Å². The van der Waals surface area contributed by atoms with Gasteiger partial charge < -0.3 is 0 Å². The first kappa shape index (κ1) is 19.3. The van der Waals surface area contributed by atoms with E-state index < -0.39 is 0 Å². The Bertz CT molecular complexity index is 1150. The number of hydrogen-bond acceptors (Lipinski definition) is 5. The molecule has 148 valence electrons. The van der Waals surface area contributed by atoms with Gasteiger partial charge in [0.05, 0.1) is 28.1 Å². The molecule has 0 fully saturated rings. The lowest BCUT2D eigenvalue weighted by molar-refractivity contribution is 0.0974. The molecule has 29 heavy (non-hydrogen) atoms. The zero-order valence-electron chi connectivity index (χ0n) is 16.8. The van der Waals surface area contributed by atoms with Crippen molar-refractivity contribution in [2.24, 2.45) is 0 Å². The minimum Gasteiger partial charge on any atom is -0.277 e. The first-order chi connectivity index (χ1) is 14.1. The van der Waals surface area contributed by atoms with Crippen molar-refractivity contribution in [3.05, 3.63) is 71.3 Å². The molecule has 3 aromatic heterocycles. The molecule has 7 heteroatoms. The Labute approximate surface area is 173 Å². The van der Waals surface area contributed by atoms with E-state index in [1.165, 1.54) is 16.9 Å². The minimum atomic E-state index is -0.116. The number of para-hydroxylation sites is 1. The van der Waals surface area contributed by atoms with Crippen LogP contribution in [-0.4, -0.2) is 25.7 Å². The average molecular weight is 406 g/mol. The lowest BCUT2D eigenvalue weighted by Crippen LogP contribution is -2.32. The van der Waals surface area contributed by atoms with Crippen molar-refractivity contribution in [2.75, 3.05) is 4.90 Å². The molecule has 0 saturated carbocycles. The molecule has 0 aliphatic carbocycles. The number of anilines is 1. The van der Waals surface area contributed by atoms with E-state index in [4.69, 9.17) is 4.98 Å². The number of amides is 1. The molecule has 1 aromatic carbocycles. The van der Waals surface area contributed by atoms with Crippen molar-refractivity contribution in [3.63, 3.8) is 0 Å². The van der Waals surface area contributed by atoms with Crippen LogP contribution in [0.5, 0.6) is 0 Å². The van der Waals surface area contributed by atoms with Gasteiger partial charge in [-0.3, -0.25) is 19.4 Å². The van der Waals surface area contributed by atoms with Gasteiger partial charge in [-0.2, -0.15) is 5.10 Å². The largest absolute Gasteiger partial charge is 0.278 e. The smallest absolute Gasteiger partial charge is 0.277 e. The Morgan fingerprint density at radius 2 is 2.03 bits per heavy atom. The fourth-order valence-corrected chi connectivity index (χ4v) is 4.38. The van der Waals surface area contributed by atoms with Gasteiger partial charge in [0.1, 0.15) is 5.69 Å². The van der Waals surface area contributed by atoms with Gasteiger partial charge in [0.25, 0.3) is 5.91 Å². The van der Waals surface area contributed by atoms with Crippen molar-refractivity contribution in [2.45, 2.75) is 40.3 Å². The Morgan fingerprint density at radius 3 is 2.76 bits per heavy atom. The number of aromatic nitrogens is 4. The molecule has 0 atom stereocenters. The molecular formula is C22H23N5OS. The topological polar surface area (TPSA) is 63.9 Å². The SMILES string of the molecule is CCc1cccc2sc(N(Cc3ccccn3)C(=O)c3cc(C)nn3CC)nc12. The summed E-state index contributed by atoms with van der Waals surface area (Å²) in [6.07, 6.45) is 2.64. The van der Waals surface area contributed by atoms with Gasteiger partial charge in [-0.15, -0.1) is 0 Å². The van der Waals surface area contributed by atoms with Gasteiger partial charge >= 0.3 is 0 Å². The molecule has 0 radical (unpaired) electrons. The van der Waals surface area contributed by atoms with E-state index in [9.17, 15) is 4.79 Å². The van der Waals surface area contributed by atoms with Crippen LogP contribution in [0.3, 0.4) is 0 Å². The summed E-state index contributed by atoms with van der Waals surface area (Å²) in [5.74, 6) is -0.116. The fourth-order valence-electron chi connectivity index (χ4n) is 3.37. The number of fused-ring (bicyclic) bond motifs is 1. The van der Waals surface area contributed by atoms with Crippen LogP contribution < -0.4 is 4.90 Å². The summed E-state index contributed by atoms with van der Waals surface area (Å²) in [6, 6.07) is 13.8. The third-order valence-electron chi connectivity index (χ3n) is 4.82. The third-order valence-corrected chi connectivity index (χ3v) is 5.86. The van der Waals surface area contributed by atoms with Gasteiger partial charge in [-0.25, -0.2) is 4.98 Å². The highest BCUT2D eigenvalue weighted by Gasteiger charge is 2.25. The number of hydrogen-bond donors (Lipinski definition) is 0. The van der Waals surface area contributed by atoms with E-state index in [0.717, 1.165) is 28.0 Å². The van der Waals surface area contributed by atoms with Crippen molar-refractivity contribution in [3.8, 4) is 0 Å². The number of benzene rings is 1. The molecule has 6 nitrogen and oxygen atoms in total. The molecule has 4 aromatic rings. The van der Waals surface area contributed by atoms with Crippen molar-refractivity contribution in [1.29, 1.82) is 0 Å². The Hall–Kier alpha value is -3.06. The fraction of sp³-hybridized carbons (Fsp3) is 0.273. The summed E-state index contributed by atoms with van der Waals surface area (Å²) in [6.45, 7) is 6.99. The van der Waals surface area contributed by atoms with Crippen LogP contribution in [0.25, 0.3) is 10.2 Å². The third kappa shape index (κ3) is 3.78. The maximum atomic E-state index is 13.6. The number of carbonyl (C=O) groups is 1. The summed E-state index contributed by atoms with van der Waals surface area (Å²) in [5.41, 5.74) is 4.36. The van der Waals surface area contributed by atoms with Crippen LogP contribution in [0, 0.1) is 6.92 Å². The first-order valence-corrected chi connectivity index (χ1v) is 10.6. The maximum absolute atomic E-state index is 13.6. The lowest BCUT2D eigenvalue weighted by Gasteiger charge is -2.19. The molecule has 0 unspecified atom stereocenters. The summed E-state index contributed by atoms with van der Waals surface area (Å²) in [7, 11) is 0. The normalized spacial score (nSPS) is 11.1. The average Bonchev–Trinajstić information content (AvgIpc) is 3.35. The van der Waals surface area contributed by atoms with Crippen molar-refractivity contribution < 1.29 is 4.79 Å². The molecule has 0 aliphatic rings. The first-order valence-electron chi connectivity index (χ1n) is 9.75. The Balaban J connectivity index is 1.81. The predicted molar refractivity (Wildman–Crippen MR) is 116 cm³/mol. The zero-order chi connectivity index (χ0) is 20.4. The van der Waals surface area contributed by atoms with Crippen LogP contribution in [0.15, 0.2) is 48.7 Å².